The third-order valence-electron chi connectivity index (χ3n) is 7.36. The number of nitrogens with zero attached hydrogens (tertiary/aromatic N) is 1. The summed E-state index contributed by atoms with van der Waals surface area (Å²) in [6.07, 6.45) is 3.48. The van der Waals surface area contributed by atoms with Crippen LogP contribution in [0.1, 0.15) is 49.3 Å². The lowest BCUT2D eigenvalue weighted by Crippen LogP contribution is -2.39. The van der Waals surface area contributed by atoms with E-state index in [4.69, 9.17) is 4.74 Å². The Morgan fingerprint density at radius 2 is 1.88 bits per heavy atom. The Morgan fingerprint density at radius 1 is 1.24 bits per heavy atom. The van der Waals surface area contributed by atoms with Gasteiger partial charge < -0.3 is 20.1 Å². The van der Waals surface area contributed by atoms with Crippen molar-refractivity contribution in [3.8, 4) is 5.75 Å². The van der Waals surface area contributed by atoms with Gasteiger partial charge in [-0.3, -0.25) is 14.5 Å². The number of hydrogen-bond acceptors (Lipinski definition) is 6. The van der Waals surface area contributed by atoms with Crippen molar-refractivity contribution in [1.29, 1.82) is 0 Å². The number of benzene rings is 1. The quantitative estimate of drug-likeness (QED) is 0.377. The minimum atomic E-state index is -0.852. The smallest absolute Gasteiger partial charge is 0.233 e. The number of phenols is 1. The van der Waals surface area contributed by atoms with Crippen LogP contribution in [0, 0.1) is 31.6 Å². The molecule has 3 N–H and O–H groups in total. The van der Waals surface area contributed by atoms with E-state index in [1.54, 1.807) is 7.11 Å². The van der Waals surface area contributed by atoms with Gasteiger partial charge in [-0.2, -0.15) is 0 Å². The lowest BCUT2D eigenvalue weighted by atomic mass is 9.68. The molecule has 1 aromatic rings. The first kappa shape index (κ1) is 26.1. The maximum absolute atomic E-state index is 12.8. The van der Waals surface area contributed by atoms with Crippen LogP contribution in [0.25, 0.3) is 6.08 Å². The van der Waals surface area contributed by atoms with Gasteiger partial charge in [0, 0.05) is 20.1 Å². The van der Waals surface area contributed by atoms with Crippen LogP contribution in [0.4, 0.5) is 0 Å². The van der Waals surface area contributed by atoms with Crippen molar-refractivity contribution < 1.29 is 29.6 Å². The molecule has 4 atom stereocenters. The van der Waals surface area contributed by atoms with Crippen LogP contribution in [0.15, 0.2) is 28.9 Å². The molecular formula is C27H37NO6. The van der Waals surface area contributed by atoms with Crippen LogP contribution in [0.3, 0.4) is 0 Å². The zero-order chi connectivity index (χ0) is 25.2. The number of fused-ring (bicyclic) bond motifs is 1. The van der Waals surface area contributed by atoms with Crippen LogP contribution < -0.4 is 0 Å². The topological polar surface area (TPSA) is 107 Å². The lowest BCUT2D eigenvalue weighted by Gasteiger charge is -2.36. The highest BCUT2D eigenvalue weighted by molar-refractivity contribution is 6.05. The molecule has 1 saturated heterocycles. The molecule has 0 bridgehead atoms. The third-order valence-corrected chi connectivity index (χ3v) is 7.36. The molecule has 1 heterocycles. The number of hydrogen-bond donors (Lipinski definition) is 3. The Bertz CT molecular complexity index is 987. The van der Waals surface area contributed by atoms with Gasteiger partial charge in [-0.05, 0) is 79.5 Å². The van der Waals surface area contributed by atoms with Crippen molar-refractivity contribution in [2.75, 3.05) is 27.4 Å². The Hall–Kier alpha value is -2.48. The standard InChI is InChI=1S/C27H37NO6/c1-6-17(11-18-9-15(2)25(31)16(3)10-18)7-8-22(30)23-19(14-34-5)12-20-24(21(23)13-29)27(33)28(4)26(20)32/h9-11,20-22,24,29-31H,6-8,12-14H2,1-5H3/b17-11+/t20-,21+,22-,24-/m1/s1. The van der Waals surface area contributed by atoms with Gasteiger partial charge in [-0.15, -0.1) is 0 Å². The van der Waals surface area contributed by atoms with Gasteiger partial charge in [-0.1, -0.05) is 18.6 Å². The SMILES string of the molecule is CC/C(=C\c1cc(C)c(O)c(C)c1)CC[C@@H](O)C1=C(COC)C[C@H]2C(=O)N(C)C(=O)[C@H]2[C@H]1CO. The molecule has 34 heavy (non-hydrogen) atoms. The molecule has 0 aromatic heterocycles. The van der Waals surface area contributed by atoms with E-state index in [1.807, 2.05) is 26.0 Å². The van der Waals surface area contributed by atoms with Crippen LogP contribution in [-0.2, 0) is 14.3 Å². The fraction of sp³-hybridized carbons (Fsp3) is 0.556. The molecule has 2 amide bonds. The first-order valence-electron chi connectivity index (χ1n) is 11.9. The summed E-state index contributed by atoms with van der Waals surface area (Å²) in [7, 11) is 3.04. The summed E-state index contributed by atoms with van der Waals surface area (Å²) in [5.41, 5.74) is 5.25. The number of likely N-dealkylation sites (tertiary alicyclic amines) is 1. The maximum Gasteiger partial charge on any atom is 0.233 e. The number of allylic oxidation sites excluding steroid dienone is 1. The van der Waals surface area contributed by atoms with Gasteiger partial charge in [0.15, 0.2) is 0 Å². The number of ether oxygens (including phenoxy) is 1. The summed E-state index contributed by atoms with van der Waals surface area (Å²) in [6, 6.07) is 3.88. The second kappa shape index (κ2) is 10.8. The number of imide groups is 1. The van der Waals surface area contributed by atoms with E-state index in [1.165, 1.54) is 7.05 Å². The Balaban J connectivity index is 1.85. The van der Waals surface area contributed by atoms with E-state index in [0.29, 0.717) is 30.6 Å². The number of carbonyl (C=O) groups excluding carboxylic acids is 2. The highest BCUT2D eigenvalue weighted by atomic mass is 16.5. The summed E-state index contributed by atoms with van der Waals surface area (Å²) in [4.78, 5) is 26.5. The summed E-state index contributed by atoms with van der Waals surface area (Å²) < 4.78 is 5.36. The van der Waals surface area contributed by atoms with Gasteiger partial charge in [0.2, 0.25) is 11.8 Å². The highest BCUT2D eigenvalue weighted by Crippen LogP contribution is 2.46. The van der Waals surface area contributed by atoms with Crippen molar-refractivity contribution >= 4 is 17.9 Å². The molecule has 3 rings (SSSR count). The van der Waals surface area contributed by atoms with Crippen molar-refractivity contribution in [2.24, 2.45) is 17.8 Å². The highest BCUT2D eigenvalue weighted by Gasteiger charge is 2.53. The van der Waals surface area contributed by atoms with Crippen LogP contribution in [0.2, 0.25) is 0 Å². The van der Waals surface area contributed by atoms with Crippen LogP contribution in [-0.4, -0.2) is 65.5 Å². The van der Waals surface area contributed by atoms with Crippen LogP contribution in [0.5, 0.6) is 5.75 Å². The van der Waals surface area contributed by atoms with Gasteiger partial charge in [0.05, 0.1) is 31.2 Å². The van der Waals surface area contributed by atoms with Gasteiger partial charge in [0.25, 0.3) is 0 Å². The summed E-state index contributed by atoms with van der Waals surface area (Å²) in [6.45, 7) is 5.75. The third kappa shape index (κ3) is 4.97. The molecule has 1 aliphatic heterocycles. The van der Waals surface area contributed by atoms with Crippen LogP contribution >= 0.6 is 0 Å². The van der Waals surface area contributed by atoms with E-state index >= 15 is 0 Å². The van der Waals surface area contributed by atoms with E-state index < -0.39 is 23.9 Å². The van der Waals surface area contributed by atoms with Gasteiger partial charge in [-0.25, -0.2) is 0 Å². The second-order valence-corrected chi connectivity index (χ2v) is 9.57. The molecule has 186 valence electrons. The zero-order valence-corrected chi connectivity index (χ0v) is 20.8. The average molecular weight is 472 g/mol. The van der Waals surface area contributed by atoms with E-state index in [9.17, 15) is 24.9 Å². The monoisotopic (exact) mass is 471 g/mol. The fourth-order valence-electron chi connectivity index (χ4n) is 5.56. The van der Waals surface area contributed by atoms with E-state index in [0.717, 1.165) is 39.2 Å². The normalized spacial score (nSPS) is 24.1. The zero-order valence-electron chi connectivity index (χ0n) is 20.8. The first-order chi connectivity index (χ1) is 16.1. The Labute approximate surface area is 201 Å². The van der Waals surface area contributed by atoms with Crippen molar-refractivity contribution in [2.45, 2.75) is 52.6 Å². The number of aromatic hydroxyl groups is 1. The number of phenolic OH excluding ortho intramolecular Hbond substituents is 1. The molecule has 7 heteroatoms. The number of rotatable bonds is 9. The minimum absolute atomic E-state index is 0.230. The number of aliphatic hydroxyl groups is 2. The van der Waals surface area contributed by atoms with Crippen molar-refractivity contribution in [3.63, 3.8) is 0 Å². The molecule has 0 saturated carbocycles. The number of aliphatic hydroxyl groups excluding tert-OH is 2. The minimum Gasteiger partial charge on any atom is -0.507 e. The first-order valence-corrected chi connectivity index (χ1v) is 11.9. The molecule has 0 spiro atoms. The van der Waals surface area contributed by atoms with E-state index in [-0.39, 0.29) is 25.0 Å². The number of aryl methyl sites for hydroxylation is 2. The average Bonchev–Trinajstić information content (AvgIpc) is 3.02. The molecule has 2 aliphatic rings. The predicted octanol–water partition coefficient (Wildman–Crippen LogP) is 3.13. The molecule has 0 radical (unpaired) electrons. The molecule has 0 unspecified atom stereocenters. The molecular weight excluding hydrogens is 434 g/mol. The molecule has 1 aliphatic carbocycles. The Morgan fingerprint density at radius 3 is 2.44 bits per heavy atom. The number of carbonyl (C=O) groups is 2. The largest absolute Gasteiger partial charge is 0.507 e. The number of amides is 2. The maximum atomic E-state index is 12.8. The van der Waals surface area contributed by atoms with Crippen molar-refractivity contribution in [1.82, 2.24) is 4.90 Å². The fourth-order valence-corrected chi connectivity index (χ4v) is 5.56. The number of methoxy groups -OCH3 is 1. The predicted molar refractivity (Wildman–Crippen MR) is 130 cm³/mol. The molecule has 7 nitrogen and oxygen atoms in total. The van der Waals surface area contributed by atoms with Gasteiger partial charge >= 0.3 is 0 Å². The van der Waals surface area contributed by atoms with E-state index in [2.05, 4.69) is 13.0 Å². The lowest BCUT2D eigenvalue weighted by molar-refractivity contribution is -0.138. The van der Waals surface area contributed by atoms with Gasteiger partial charge in [0.1, 0.15) is 5.75 Å². The summed E-state index contributed by atoms with van der Waals surface area (Å²) in [5.74, 6) is -1.97. The summed E-state index contributed by atoms with van der Waals surface area (Å²) >= 11 is 0. The Kier molecular flexibility index (Phi) is 8.34. The molecule has 1 aromatic carbocycles. The second-order valence-electron chi connectivity index (χ2n) is 9.57. The molecule has 1 fully saturated rings. The van der Waals surface area contributed by atoms with Crippen molar-refractivity contribution in [3.05, 3.63) is 45.5 Å². The summed E-state index contributed by atoms with van der Waals surface area (Å²) in [5, 5.41) is 31.5.